The fourth-order valence-electron chi connectivity index (χ4n) is 2.84. The van der Waals surface area contributed by atoms with E-state index in [0.717, 1.165) is 34.4 Å². The SMILES string of the molecule is CC[C@H]1C=C(c2ccc(C)c(C(=O)OC)c2)c2ccccc2O1. The van der Waals surface area contributed by atoms with Gasteiger partial charge in [0.1, 0.15) is 11.9 Å². The van der Waals surface area contributed by atoms with Crippen molar-refractivity contribution in [3.63, 3.8) is 0 Å². The Kier molecular flexibility index (Phi) is 4.20. The molecule has 3 heteroatoms. The monoisotopic (exact) mass is 308 g/mol. The lowest BCUT2D eigenvalue weighted by atomic mass is 9.91. The molecule has 0 radical (unpaired) electrons. The molecule has 0 N–H and O–H groups in total. The molecule has 0 bridgehead atoms. The molecule has 3 rings (SSSR count). The summed E-state index contributed by atoms with van der Waals surface area (Å²) in [6.07, 6.45) is 3.07. The van der Waals surface area contributed by atoms with Crippen LogP contribution in [0.1, 0.15) is 40.4 Å². The molecule has 0 aliphatic carbocycles. The summed E-state index contributed by atoms with van der Waals surface area (Å²) in [7, 11) is 1.41. The molecule has 0 aromatic heterocycles. The molecule has 0 saturated heterocycles. The number of rotatable bonds is 3. The Labute approximate surface area is 136 Å². The van der Waals surface area contributed by atoms with Crippen LogP contribution >= 0.6 is 0 Å². The number of hydrogen-bond acceptors (Lipinski definition) is 3. The molecule has 118 valence electrons. The molecule has 0 unspecified atom stereocenters. The topological polar surface area (TPSA) is 35.5 Å². The second kappa shape index (κ2) is 6.29. The highest BCUT2D eigenvalue weighted by Crippen LogP contribution is 2.37. The van der Waals surface area contributed by atoms with Crippen LogP contribution in [0.3, 0.4) is 0 Å². The van der Waals surface area contributed by atoms with Gasteiger partial charge in [-0.25, -0.2) is 4.79 Å². The van der Waals surface area contributed by atoms with Crippen molar-refractivity contribution < 1.29 is 14.3 Å². The van der Waals surface area contributed by atoms with E-state index in [1.54, 1.807) is 0 Å². The first-order chi connectivity index (χ1) is 11.1. The minimum atomic E-state index is -0.308. The van der Waals surface area contributed by atoms with Crippen molar-refractivity contribution in [2.24, 2.45) is 0 Å². The van der Waals surface area contributed by atoms with Crippen LogP contribution in [-0.4, -0.2) is 19.2 Å². The van der Waals surface area contributed by atoms with Gasteiger partial charge in [-0.3, -0.25) is 0 Å². The molecule has 1 aliphatic heterocycles. The Hall–Kier alpha value is -2.55. The second-order valence-electron chi connectivity index (χ2n) is 5.66. The fraction of sp³-hybridized carbons (Fsp3) is 0.250. The van der Waals surface area contributed by atoms with E-state index in [-0.39, 0.29) is 12.1 Å². The minimum absolute atomic E-state index is 0.0442. The Balaban J connectivity index is 2.13. The zero-order chi connectivity index (χ0) is 16.4. The quantitative estimate of drug-likeness (QED) is 0.789. The zero-order valence-electron chi connectivity index (χ0n) is 13.6. The van der Waals surface area contributed by atoms with E-state index in [1.165, 1.54) is 7.11 Å². The van der Waals surface area contributed by atoms with Crippen molar-refractivity contribution in [3.8, 4) is 5.75 Å². The van der Waals surface area contributed by atoms with Gasteiger partial charge in [-0.05, 0) is 48.3 Å². The first-order valence-corrected chi connectivity index (χ1v) is 7.81. The van der Waals surface area contributed by atoms with Crippen LogP contribution in [0.5, 0.6) is 5.75 Å². The van der Waals surface area contributed by atoms with Gasteiger partial charge < -0.3 is 9.47 Å². The van der Waals surface area contributed by atoms with Crippen LogP contribution in [0.4, 0.5) is 0 Å². The van der Waals surface area contributed by atoms with Crippen molar-refractivity contribution in [1.29, 1.82) is 0 Å². The van der Waals surface area contributed by atoms with E-state index in [1.807, 2.05) is 49.4 Å². The number of carbonyl (C=O) groups excluding carboxylic acids is 1. The first kappa shape index (κ1) is 15.3. The number of aryl methyl sites for hydroxylation is 1. The average Bonchev–Trinajstić information content (AvgIpc) is 2.60. The first-order valence-electron chi connectivity index (χ1n) is 7.81. The maximum Gasteiger partial charge on any atom is 0.338 e. The molecule has 2 aromatic rings. The highest BCUT2D eigenvalue weighted by atomic mass is 16.5. The van der Waals surface area contributed by atoms with Crippen molar-refractivity contribution >= 4 is 11.5 Å². The van der Waals surface area contributed by atoms with Crippen molar-refractivity contribution in [3.05, 3.63) is 70.8 Å². The lowest BCUT2D eigenvalue weighted by molar-refractivity contribution is 0.0600. The summed E-state index contributed by atoms with van der Waals surface area (Å²) in [5.74, 6) is 0.578. The third-order valence-electron chi connectivity index (χ3n) is 4.16. The Morgan fingerprint density at radius 1 is 1.22 bits per heavy atom. The van der Waals surface area contributed by atoms with E-state index in [2.05, 4.69) is 13.0 Å². The molecule has 0 saturated carbocycles. The maximum absolute atomic E-state index is 12.0. The van der Waals surface area contributed by atoms with Gasteiger partial charge in [-0.1, -0.05) is 37.3 Å². The fourth-order valence-corrected chi connectivity index (χ4v) is 2.84. The van der Waals surface area contributed by atoms with Gasteiger partial charge in [0.2, 0.25) is 0 Å². The van der Waals surface area contributed by atoms with E-state index < -0.39 is 0 Å². The van der Waals surface area contributed by atoms with Crippen LogP contribution < -0.4 is 4.74 Å². The Morgan fingerprint density at radius 3 is 2.74 bits per heavy atom. The van der Waals surface area contributed by atoms with Gasteiger partial charge >= 0.3 is 5.97 Å². The second-order valence-corrected chi connectivity index (χ2v) is 5.66. The van der Waals surface area contributed by atoms with Crippen LogP contribution in [0, 0.1) is 6.92 Å². The van der Waals surface area contributed by atoms with Crippen LogP contribution in [-0.2, 0) is 4.74 Å². The Morgan fingerprint density at radius 2 is 2.00 bits per heavy atom. The normalized spacial score (nSPS) is 16.1. The highest BCUT2D eigenvalue weighted by molar-refractivity contribution is 5.93. The lowest BCUT2D eigenvalue weighted by Gasteiger charge is -2.25. The summed E-state index contributed by atoms with van der Waals surface area (Å²) in [5.41, 5.74) is 4.67. The average molecular weight is 308 g/mol. The molecule has 0 spiro atoms. The number of ether oxygens (including phenoxy) is 2. The van der Waals surface area contributed by atoms with E-state index in [9.17, 15) is 4.79 Å². The smallest absolute Gasteiger partial charge is 0.338 e. The third-order valence-corrected chi connectivity index (χ3v) is 4.16. The van der Waals surface area contributed by atoms with Crippen molar-refractivity contribution in [2.75, 3.05) is 7.11 Å². The summed E-state index contributed by atoms with van der Waals surface area (Å²) in [6, 6.07) is 13.9. The molecule has 0 amide bonds. The number of hydrogen-bond donors (Lipinski definition) is 0. The van der Waals surface area contributed by atoms with Gasteiger partial charge in [0, 0.05) is 5.56 Å². The summed E-state index contributed by atoms with van der Waals surface area (Å²) in [5, 5.41) is 0. The molecule has 1 heterocycles. The molecular weight excluding hydrogens is 288 g/mol. The Bertz CT molecular complexity index is 774. The molecule has 2 aromatic carbocycles. The predicted octanol–water partition coefficient (Wildman–Crippen LogP) is 4.38. The van der Waals surface area contributed by atoms with Crippen molar-refractivity contribution in [2.45, 2.75) is 26.4 Å². The summed E-state index contributed by atoms with van der Waals surface area (Å²) < 4.78 is 10.9. The van der Waals surface area contributed by atoms with Crippen LogP contribution in [0.2, 0.25) is 0 Å². The zero-order valence-corrected chi connectivity index (χ0v) is 13.6. The molecule has 1 aliphatic rings. The number of fused-ring (bicyclic) bond motifs is 1. The number of carbonyl (C=O) groups is 1. The number of esters is 1. The number of benzene rings is 2. The third kappa shape index (κ3) is 2.87. The number of methoxy groups -OCH3 is 1. The molecule has 0 fully saturated rings. The standard InChI is InChI=1S/C20H20O3/c1-4-15-12-18(16-7-5-6-8-19(16)23-15)14-10-9-13(2)17(11-14)20(21)22-3/h5-12,15H,4H2,1-3H3/t15-/m0/s1. The molecule has 23 heavy (non-hydrogen) atoms. The maximum atomic E-state index is 12.0. The highest BCUT2D eigenvalue weighted by Gasteiger charge is 2.21. The van der Waals surface area contributed by atoms with E-state index in [0.29, 0.717) is 5.56 Å². The molecular formula is C20H20O3. The van der Waals surface area contributed by atoms with Crippen LogP contribution in [0.25, 0.3) is 5.57 Å². The van der Waals surface area contributed by atoms with Crippen LogP contribution in [0.15, 0.2) is 48.5 Å². The van der Waals surface area contributed by atoms with Gasteiger partial charge in [-0.2, -0.15) is 0 Å². The van der Waals surface area contributed by atoms with E-state index in [4.69, 9.17) is 9.47 Å². The van der Waals surface area contributed by atoms with Gasteiger partial charge in [-0.15, -0.1) is 0 Å². The van der Waals surface area contributed by atoms with Gasteiger partial charge in [0.05, 0.1) is 12.7 Å². The summed E-state index contributed by atoms with van der Waals surface area (Å²) >= 11 is 0. The summed E-state index contributed by atoms with van der Waals surface area (Å²) in [6.45, 7) is 4.01. The molecule has 3 nitrogen and oxygen atoms in total. The molecule has 1 atom stereocenters. The largest absolute Gasteiger partial charge is 0.486 e. The minimum Gasteiger partial charge on any atom is -0.486 e. The lowest BCUT2D eigenvalue weighted by Crippen LogP contribution is -2.18. The number of para-hydroxylation sites is 1. The van der Waals surface area contributed by atoms with E-state index >= 15 is 0 Å². The summed E-state index contributed by atoms with van der Waals surface area (Å²) in [4.78, 5) is 12.0. The van der Waals surface area contributed by atoms with Gasteiger partial charge in [0.25, 0.3) is 0 Å². The van der Waals surface area contributed by atoms with Gasteiger partial charge in [0.15, 0.2) is 0 Å². The predicted molar refractivity (Wildman–Crippen MR) is 90.7 cm³/mol. The van der Waals surface area contributed by atoms with Crippen molar-refractivity contribution in [1.82, 2.24) is 0 Å².